The summed E-state index contributed by atoms with van der Waals surface area (Å²) in [6.07, 6.45) is 0. The number of hydrogen-bond acceptors (Lipinski definition) is 6. The molecule has 7 nitrogen and oxygen atoms in total. The lowest BCUT2D eigenvalue weighted by atomic mass is 10.2. The van der Waals surface area contributed by atoms with E-state index in [4.69, 9.17) is 4.52 Å². The average Bonchev–Trinajstić information content (AvgIpc) is 3.30. The molecule has 0 bridgehead atoms. The second-order valence-electron chi connectivity index (χ2n) is 5.41. The highest BCUT2D eigenvalue weighted by Gasteiger charge is 2.15. The molecule has 25 heavy (non-hydrogen) atoms. The van der Waals surface area contributed by atoms with Crippen LogP contribution in [0.25, 0.3) is 10.6 Å². The van der Waals surface area contributed by atoms with Crippen LogP contribution < -0.4 is 15.8 Å². The summed E-state index contributed by atoms with van der Waals surface area (Å²) < 4.78 is 5.15. The lowest BCUT2D eigenvalue weighted by Gasteiger charge is -2.13. The van der Waals surface area contributed by atoms with E-state index in [2.05, 4.69) is 16.0 Å². The van der Waals surface area contributed by atoms with Gasteiger partial charge in [0, 0.05) is 31.4 Å². The second kappa shape index (κ2) is 7.18. The van der Waals surface area contributed by atoms with Crippen LogP contribution in [0.1, 0.15) is 20.8 Å². The fraction of sp³-hybridized carbons (Fsp3) is 0.118. The van der Waals surface area contributed by atoms with Crippen LogP contribution in [0.5, 0.6) is 0 Å². The van der Waals surface area contributed by atoms with E-state index in [1.54, 1.807) is 18.2 Å². The standard InChI is InChI=1S/C17H16N4O3S/c1-21(2)12-6-3-5-11(9-12)16(22)18-19-17(23)13-10-14(24-20-13)15-7-4-8-25-15/h3-10H,1-2H3,(H,18,22)(H,19,23). The molecular weight excluding hydrogens is 340 g/mol. The SMILES string of the molecule is CN(C)c1cccc(C(=O)NNC(=O)c2cc(-c3cccs3)on2)c1. The van der Waals surface area contributed by atoms with Crippen LogP contribution >= 0.6 is 11.3 Å². The van der Waals surface area contributed by atoms with Gasteiger partial charge in [0.1, 0.15) is 0 Å². The predicted octanol–water partition coefficient (Wildman–Crippen LogP) is 2.54. The smallest absolute Gasteiger partial charge is 0.291 e. The number of amides is 2. The summed E-state index contributed by atoms with van der Waals surface area (Å²) in [4.78, 5) is 27.0. The molecule has 8 heteroatoms. The lowest BCUT2D eigenvalue weighted by molar-refractivity contribution is 0.0841. The van der Waals surface area contributed by atoms with Gasteiger partial charge in [-0.1, -0.05) is 17.3 Å². The molecule has 0 unspecified atom stereocenters. The monoisotopic (exact) mass is 356 g/mol. The van der Waals surface area contributed by atoms with E-state index in [9.17, 15) is 9.59 Å². The highest BCUT2D eigenvalue weighted by atomic mass is 32.1. The van der Waals surface area contributed by atoms with Crippen molar-refractivity contribution in [3.8, 4) is 10.6 Å². The first kappa shape index (κ1) is 16.7. The summed E-state index contributed by atoms with van der Waals surface area (Å²) in [5.74, 6) is -0.465. The first-order chi connectivity index (χ1) is 12.0. The van der Waals surface area contributed by atoms with E-state index in [-0.39, 0.29) is 5.69 Å². The number of hydrazine groups is 1. The van der Waals surface area contributed by atoms with Crippen molar-refractivity contribution in [1.82, 2.24) is 16.0 Å². The number of anilines is 1. The number of benzene rings is 1. The van der Waals surface area contributed by atoms with Gasteiger partial charge in [-0.05, 0) is 29.6 Å². The molecule has 2 N–H and O–H groups in total. The molecule has 0 aliphatic rings. The Morgan fingerprint density at radius 2 is 1.88 bits per heavy atom. The van der Waals surface area contributed by atoms with Gasteiger partial charge in [-0.15, -0.1) is 11.3 Å². The molecule has 0 saturated heterocycles. The largest absolute Gasteiger partial charge is 0.378 e. The summed E-state index contributed by atoms with van der Waals surface area (Å²) in [7, 11) is 3.77. The molecule has 0 fully saturated rings. The van der Waals surface area contributed by atoms with Gasteiger partial charge in [-0.3, -0.25) is 20.4 Å². The third-order valence-corrected chi connectivity index (χ3v) is 4.31. The molecular formula is C17H16N4O3S. The van der Waals surface area contributed by atoms with Crippen molar-refractivity contribution >= 4 is 28.8 Å². The van der Waals surface area contributed by atoms with E-state index in [1.807, 2.05) is 42.6 Å². The molecule has 2 amide bonds. The van der Waals surface area contributed by atoms with Crippen LogP contribution in [0.3, 0.4) is 0 Å². The van der Waals surface area contributed by atoms with E-state index in [1.165, 1.54) is 17.4 Å². The maximum Gasteiger partial charge on any atom is 0.291 e. The fourth-order valence-electron chi connectivity index (χ4n) is 2.09. The van der Waals surface area contributed by atoms with E-state index in [0.717, 1.165) is 10.6 Å². The highest BCUT2D eigenvalue weighted by Crippen LogP contribution is 2.25. The van der Waals surface area contributed by atoms with Crippen molar-refractivity contribution in [3.05, 3.63) is 59.1 Å². The molecule has 3 rings (SSSR count). The zero-order chi connectivity index (χ0) is 17.8. The minimum absolute atomic E-state index is 0.0887. The maximum absolute atomic E-state index is 12.2. The van der Waals surface area contributed by atoms with Crippen LogP contribution in [0, 0.1) is 0 Å². The summed E-state index contributed by atoms with van der Waals surface area (Å²) in [6, 6.07) is 12.3. The van der Waals surface area contributed by atoms with Crippen molar-refractivity contribution in [3.63, 3.8) is 0 Å². The van der Waals surface area contributed by atoms with Crippen molar-refractivity contribution < 1.29 is 14.1 Å². The summed E-state index contributed by atoms with van der Waals surface area (Å²) in [6.45, 7) is 0. The topological polar surface area (TPSA) is 87.5 Å². The van der Waals surface area contributed by atoms with Crippen LogP contribution in [0.4, 0.5) is 5.69 Å². The number of aromatic nitrogens is 1. The highest BCUT2D eigenvalue weighted by molar-refractivity contribution is 7.13. The second-order valence-corrected chi connectivity index (χ2v) is 6.35. The predicted molar refractivity (Wildman–Crippen MR) is 95.5 cm³/mol. The Kier molecular flexibility index (Phi) is 4.80. The van der Waals surface area contributed by atoms with Gasteiger partial charge in [-0.2, -0.15) is 0 Å². The Labute approximate surface area is 148 Å². The molecule has 0 aliphatic carbocycles. The maximum atomic E-state index is 12.2. The molecule has 3 aromatic rings. The van der Waals surface area contributed by atoms with Crippen molar-refractivity contribution in [2.45, 2.75) is 0 Å². The van der Waals surface area contributed by atoms with Crippen molar-refractivity contribution in [1.29, 1.82) is 0 Å². The Bertz CT molecular complexity index is 887. The molecule has 0 spiro atoms. The summed E-state index contributed by atoms with van der Waals surface area (Å²) >= 11 is 1.48. The van der Waals surface area contributed by atoms with Gasteiger partial charge in [0.25, 0.3) is 11.8 Å². The number of hydrogen-bond donors (Lipinski definition) is 2. The third kappa shape index (κ3) is 3.86. The van der Waals surface area contributed by atoms with Gasteiger partial charge in [-0.25, -0.2) is 0 Å². The van der Waals surface area contributed by atoms with Gasteiger partial charge >= 0.3 is 0 Å². The average molecular weight is 356 g/mol. The van der Waals surface area contributed by atoms with E-state index < -0.39 is 11.8 Å². The van der Waals surface area contributed by atoms with E-state index in [0.29, 0.717) is 11.3 Å². The Balaban J connectivity index is 1.62. The van der Waals surface area contributed by atoms with Gasteiger partial charge in [0.15, 0.2) is 11.5 Å². The normalized spacial score (nSPS) is 10.3. The number of carbonyl (C=O) groups excluding carboxylic acids is 2. The first-order valence-electron chi connectivity index (χ1n) is 7.43. The van der Waals surface area contributed by atoms with Crippen LogP contribution in [-0.4, -0.2) is 31.1 Å². The van der Waals surface area contributed by atoms with Crippen molar-refractivity contribution in [2.75, 3.05) is 19.0 Å². The number of carbonyl (C=O) groups is 2. The summed E-state index contributed by atoms with van der Waals surface area (Å²) in [5.41, 5.74) is 6.11. The lowest BCUT2D eigenvalue weighted by Crippen LogP contribution is -2.41. The Morgan fingerprint density at radius 1 is 1.08 bits per heavy atom. The number of nitrogens with one attached hydrogen (secondary N) is 2. The fourth-order valence-corrected chi connectivity index (χ4v) is 2.77. The zero-order valence-electron chi connectivity index (χ0n) is 13.6. The van der Waals surface area contributed by atoms with Crippen LogP contribution in [0.15, 0.2) is 52.4 Å². The minimum Gasteiger partial charge on any atom is -0.378 e. The third-order valence-electron chi connectivity index (χ3n) is 3.42. The first-order valence-corrected chi connectivity index (χ1v) is 8.31. The molecule has 0 saturated carbocycles. The van der Waals surface area contributed by atoms with Crippen LogP contribution in [0.2, 0.25) is 0 Å². The molecule has 0 radical (unpaired) electrons. The van der Waals surface area contributed by atoms with Gasteiger partial charge in [0.05, 0.1) is 4.88 Å². The molecule has 2 heterocycles. The van der Waals surface area contributed by atoms with E-state index >= 15 is 0 Å². The van der Waals surface area contributed by atoms with Crippen LogP contribution in [-0.2, 0) is 0 Å². The molecule has 128 valence electrons. The van der Waals surface area contributed by atoms with Gasteiger partial charge < -0.3 is 9.42 Å². The quantitative estimate of drug-likeness (QED) is 0.702. The number of rotatable bonds is 4. The Hall–Kier alpha value is -3.13. The number of thiophene rings is 1. The summed E-state index contributed by atoms with van der Waals surface area (Å²) in [5, 5.41) is 5.62. The molecule has 0 atom stereocenters. The molecule has 2 aromatic heterocycles. The minimum atomic E-state index is -0.552. The van der Waals surface area contributed by atoms with Gasteiger partial charge in [0.2, 0.25) is 0 Å². The molecule has 1 aromatic carbocycles. The Morgan fingerprint density at radius 3 is 2.60 bits per heavy atom. The van der Waals surface area contributed by atoms with Crippen molar-refractivity contribution in [2.24, 2.45) is 0 Å². The molecule has 0 aliphatic heterocycles. The zero-order valence-corrected chi connectivity index (χ0v) is 14.5. The number of nitrogens with zero attached hydrogens (tertiary/aromatic N) is 2.